The van der Waals surface area contributed by atoms with Gasteiger partial charge in [-0.25, -0.2) is 0 Å². The van der Waals surface area contributed by atoms with Crippen LogP contribution in [0.5, 0.6) is 0 Å². The van der Waals surface area contributed by atoms with Crippen LogP contribution in [0.15, 0.2) is 66.7 Å². The normalized spacial score (nSPS) is 12.6. The summed E-state index contributed by atoms with van der Waals surface area (Å²) in [5.41, 5.74) is 5.21. The molecule has 0 aliphatic rings. The lowest BCUT2D eigenvalue weighted by Crippen LogP contribution is -1.87. The van der Waals surface area contributed by atoms with E-state index in [0.29, 0.717) is 0 Å². The Morgan fingerprint density at radius 1 is 0.950 bits per heavy atom. The summed E-state index contributed by atoms with van der Waals surface area (Å²) in [6.07, 6.45) is 5.37. The number of allylic oxidation sites excluding steroid dienone is 3. The Bertz CT molecular complexity index is 621. The molecule has 0 atom stereocenters. The molecule has 0 spiro atoms. The van der Waals surface area contributed by atoms with Gasteiger partial charge in [-0.05, 0) is 41.7 Å². The molecule has 1 heteroatoms. The van der Waals surface area contributed by atoms with Gasteiger partial charge in [-0.3, -0.25) is 0 Å². The molecule has 0 saturated heterocycles. The van der Waals surface area contributed by atoms with E-state index in [-0.39, 0.29) is 0 Å². The average Bonchev–Trinajstić information content (AvgIpc) is 2.50. The molecule has 0 radical (unpaired) electrons. The first-order valence-corrected chi connectivity index (χ1v) is 7.69. The van der Waals surface area contributed by atoms with Gasteiger partial charge in [0.25, 0.3) is 0 Å². The zero-order valence-electron chi connectivity index (χ0n) is 11.9. The Morgan fingerprint density at radius 3 is 2.25 bits per heavy atom. The highest BCUT2D eigenvalue weighted by atomic mass is 79.9. The SMILES string of the molecule is CC/C(=C\C=C(\Br)c1ccccc1)c1ccccc1C. The molecule has 0 aliphatic carbocycles. The second-order valence-electron chi connectivity index (χ2n) is 4.74. The molecule has 2 aromatic carbocycles. The second kappa shape index (κ2) is 7.25. The lowest BCUT2D eigenvalue weighted by atomic mass is 9.98. The molecule has 0 fully saturated rings. The largest absolute Gasteiger partial charge is 0.0622 e. The summed E-state index contributed by atoms with van der Waals surface area (Å²) in [5, 5.41) is 0. The summed E-state index contributed by atoms with van der Waals surface area (Å²) >= 11 is 3.65. The number of hydrogen-bond acceptors (Lipinski definition) is 0. The standard InChI is InChI=1S/C19H19Br/c1-3-16(18-12-8-7-9-15(18)2)13-14-19(20)17-10-5-4-6-11-17/h4-14H,3H2,1-2H3/b16-13+,19-14+. The average molecular weight is 327 g/mol. The zero-order valence-corrected chi connectivity index (χ0v) is 13.5. The predicted octanol–water partition coefficient (Wildman–Crippen LogP) is 6.22. The zero-order chi connectivity index (χ0) is 14.4. The van der Waals surface area contributed by atoms with Crippen molar-refractivity contribution < 1.29 is 0 Å². The van der Waals surface area contributed by atoms with Crippen LogP contribution >= 0.6 is 15.9 Å². The van der Waals surface area contributed by atoms with Crippen molar-refractivity contribution in [3.8, 4) is 0 Å². The highest BCUT2D eigenvalue weighted by molar-refractivity contribution is 9.15. The predicted molar refractivity (Wildman–Crippen MR) is 92.8 cm³/mol. The number of halogens is 1. The van der Waals surface area contributed by atoms with E-state index in [1.165, 1.54) is 22.3 Å². The van der Waals surface area contributed by atoms with Crippen molar-refractivity contribution in [1.82, 2.24) is 0 Å². The Balaban J connectivity index is 2.31. The molecule has 0 aromatic heterocycles. The van der Waals surface area contributed by atoms with Gasteiger partial charge in [0, 0.05) is 4.48 Å². The fourth-order valence-corrected chi connectivity index (χ4v) is 2.60. The van der Waals surface area contributed by atoms with Gasteiger partial charge in [0.2, 0.25) is 0 Å². The summed E-state index contributed by atoms with van der Waals surface area (Å²) in [5.74, 6) is 0. The van der Waals surface area contributed by atoms with Gasteiger partial charge >= 0.3 is 0 Å². The summed E-state index contributed by atoms with van der Waals surface area (Å²) < 4.78 is 1.11. The third-order valence-corrected chi connectivity index (χ3v) is 4.07. The van der Waals surface area contributed by atoms with Gasteiger partial charge in [-0.15, -0.1) is 0 Å². The van der Waals surface area contributed by atoms with Crippen LogP contribution in [0, 0.1) is 6.92 Å². The third-order valence-electron chi connectivity index (χ3n) is 3.35. The van der Waals surface area contributed by atoms with Crippen molar-refractivity contribution in [1.29, 1.82) is 0 Å². The summed E-state index contributed by atoms with van der Waals surface area (Å²) in [6.45, 7) is 4.36. The van der Waals surface area contributed by atoms with Crippen LogP contribution in [0.4, 0.5) is 0 Å². The fourth-order valence-electron chi connectivity index (χ4n) is 2.20. The number of benzene rings is 2. The maximum atomic E-state index is 3.65. The first-order valence-electron chi connectivity index (χ1n) is 6.90. The van der Waals surface area contributed by atoms with Crippen LogP contribution in [0.3, 0.4) is 0 Å². The Labute approximate surface area is 130 Å². The molecule has 0 N–H and O–H groups in total. The number of rotatable bonds is 4. The van der Waals surface area contributed by atoms with Crippen molar-refractivity contribution in [2.45, 2.75) is 20.3 Å². The van der Waals surface area contributed by atoms with Gasteiger partial charge in [0.1, 0.15) is 0 Å². The topological polar surface area (TPSA) is 0 Å². The van der Waals surface area contributed by atoms with Crippen molar-refractivity contribution in [3.63, 3.8) is 0 Å². The molecular formula is C19H19Br. The Kier molecular flexibility index (Phi) is 5.37. The molecule has 0 saturated carbocycles. The van der Waals surface area contributed by atoms with E-state index < -0.39 is 0 Å². The molecule has 102 valence electrons. The van der Waals surface area contributed by atoms with Crippen molar-refractivity contribution in [2.24, 2.45) is 0 Å². The molecule has 2 rings (SSSR count). The first-order chi connectivity index (χ1) is 9.72. The quantitative estimate of drug-likeness (QED) is 0.584. The van der Waals surface area contributed by atoms with Gasteiger partial charge in [0.15, 0.2) is 0 Å². The van der Waals surface area contributed by atoms with E-state index in [1.54, 1.807) is 0 Å². The Hall–Kier alpha value is -1.60. The van der Waals surface area contributed by atoms with Crippen molar-refractivity contribution in [3.05, 3.63) is 83.4 Å². The van der Waals surface area contributed by atoms with Crippen LogP contribution < -0.4 is 0 Å². The van der Waals surface area contributed by atoms with Gasteiger partial charge < -0.3 is 0 Å². The van der Waals surface area contributed by atoms with E-state index in [4.69, 9.17) is 0 Å². The number of aryl methyl sites for hydroxylation is 1. The van der Waals surface area contributed by atoms with Crippen LogP contribution in [0.25, 0.3) is 10.1 Å². The van der Waals surface area contributed by atoms with Crippen LogP contribution in [-0.4, -0.2) is 0 Å². The summed E-state index contributed by atoms with van der Waals surface area (Å²) in [7, 11) is 0. The smallest absolute Gasteiger partial charge is 0.0247 e. The Morgan fingerprint density at radius 2 is 1.60 bits per heavy atom. The van der Waals surface area contributed by atoms with E-state index in [9.17, 15) is 0 Å². The van der Waals surface area contributed by atoms with Crippen molar-refractivity contribution >= 4 is 26.0 Å². The summed E-state index contributed by atoms with van der Waals surface area (Å²) in [6, 6.07) is 18.9. The lowest BCUT2D eigenvalue weighted by molar-refractivity contribution is 1.22. The van der Waals surface area contributed by atoms with Gasteiger partial charge in [0.05, 0.1) is 0 Å². The summed E-state index contributed by atoms with van der Waals surface area (Å²) in [4.78, 5) is 0. The molecular weight excluding hydrogens is 308 g/mol. The van der Waals surface area contributed by atoms with E-state index in [2.05, 4.69) is 90.5 Å². The van der Waals surface area contributed by atoms with Crippen LogP contribution in [-0.2, 0) is 0 Å². The third kappa shape index (κ3) is 3.71. The molecule has 0 unspecified atom stereocenters. The minimum atomic E-state index is 1.02. The van der Waals surface area contributed by atoms with Crippen LogP contribution in [0.2, 0.25) is 0 Å². The molecule has 0 amide bonds. The highest BCUT2D eigenvalue weighted by Gasteiger charge is 2.02. The molecule has 0 bridgehead atoms. The lowest BCUT2D eigenvalue weighted by Gasteiger charge is -2.08. The van der Waals surface area contributed by atoms with Crippen LogP contribution in [0.1, 0.15) is 30.0 Å². The minimum absolute atomic E-state index is 1.02. The minimum Gasteiger partial charge on any atom is -0.0622 e. The number of hydrogen-bond donors (Lipinski definition) is 0. The maximum absolute atomic E-state index is 3.65. The second-order valence-corrected chi connectivity index (χ2v) is 5.60. The van der Waals surface area contributed by atoms with Crippen molar-refractivity contribution in [2.75, 3.05) is 0 Å². The van der Waals surface area contributed by atoms with E-state index in [1.807, 2.05) is 6.07 Å². The molecule has 0 aliphatic heterocycles. The molecule has 2 aromatic rings. The maximum Gasteiger partial charge on any atom is 0.0247 e. The molecule has 0 heterocycles. The van der Waals surface area contributed by atoms with Gasteiger partial charge in [-0.2, -0.15) is 0 Å². The highest BCUT2D eigenvalue weighted by Crippen LogP contribution is 2.25. The monoisotopic (exact) mass is 326 g/mol. The fraction of sp³-hybridized carbons (Fsp3) is 0.158. The van der Waals surface area contributed by atoms with E-state index in [0.717, 1.165) is 10.9 Å². The molecule has 0 nitrogen and oxygen atoms in total. The molecule has 20 heavy (non-hydrogen) atoms. The van der Waals surface area contributed by atoms with E-state index >= 15 is 0 Å². The van der Waals surface area contributed by atoms with Gasteiger partial charge in [-0.1, -0.05) is 83.5 Å². The first kappa shape index (κ1) is 14.8.